The Bertz CT molecular complexity index is 412. The van der Waals surface area contributed by atoms with E-state index in [9.17, 15) is 9.18 Å². The van der Waals surface area contributed by atoms with Crippen LogP contribution in [0.25, 0.3) is 0 Å². The topological polar surface area (TPSA) is 50.1 Å². The van der Waals surface area contributed by atoms with E-state index in [0.29, 0.717) is 0 Å². The molecule has 0 saturated heterocycles. The number of rotatable bonds is 5. The summed E-state index contributed by atoms with van der Waals surface area (Å²) >= 11 is 0. The molecule has 0 N–H and O–H groups in total. The highest BCUT2D eigenvalue weighted by atomic mass is 19.1. The molecule has 0 radical (unpaired) electrons. The molecule has 0 fully saturated rings. The quantitative estimate of drug-likeness (QED) is 0.764. The van der Waals surface area contributed by atoms with Crippen molar-refractivity contribution in [1.82, 2.24) is 0 Å². The van der Waals surface area contributed by atoms with Crippen molar-refractivity contribution in [3.8, 4) is 6.07 Å². The van der Waals surface area contributed by atoms with E-state index >= 15 is 0 Å². The molecule has 0 bridgehead atoms. The second-order valence-electron chi connectivity index (χ2n) is 3.29. The van der Waals surface area contributed by atoms with E-state index in [-0.39, 0.29) is 24.4 Å². The molecular formula is C12H12FNO2. The Morgan fingerprint density at radius 2 is 2.25 bits per heavy atom. The average Bonchev–Trinajstić information content (AvgIpc) is 2.30. The monoisotopic (exact) mass is 221 g/mol. The van der Waals surface area contributed by atoms with Gasteiger partial charge in [-0.05, 0) is 6.07 Å². The van der Waals surface area contributed by atoms with Gasteiger partial charge >= 0.3 is 0 Å². The minimum Gasteiger partial charge on any atom is -0.384 e. The van der Waals surface area contributed by atoms with Crippen LogP contribution >= 0.6 is 0 Å². The number of methoxy groups -OCH3 is 1. The van der Waals surface area contributed by atoms with E-state index in [4.69, 9.17) is 10.00 Å². The predicted octanol–water partition coefficient (Wildman–Crippen LogP) is 2.04. The van der Waals surface area contributed by atoms with Crippen molar-refractivity contribution >= 4 is 5.78 Å². The van der Waals surface area contributed by atoms with Crippen LogP contribution in [0.15, 0.2) is 24.3 Å². The molecule has 0 aromatic heterocycles. The molecule has 0 aliphatic rings. The van der Waals surface area contributed by atoms with Crippen molar-refractivity contribution < 1.29 is 13.9 Å². The molecule has 84 valence electrons. The SMILES string of the molecule is COCCC(=O)C(C#N)c1ccccc1F. The van der Waals surface area contributed by atoms with Crippen molar-refractivity contribution in [3.63, 3.8) is 0 Å². The van der Waals surface area contributed by atoms with Gasteiger partial charge in [-0.2, -0.15) is 5.26 Å². The maximum absolute atomic E-state index is 13.4. The first-order chi connectivity index (χ1) is 7.70. The lowest BCUT2D eigenvalue weighted by Gasteiger charge is -2.08. The van der Waals surface area contributed by atoms with Gasteiger partial charge in [0.05, 0.1) is 12.7 Å². The van der Waals surface area contributed by atoms with Crippen LogP contribution < -0.4 is 0 Å². The first-order valence-corrected chi connectivity index (χ1v) is 4.86. The molecule has 16 heavy (non-hydrogen) atoms. The van der Waals surface area contributed by atoms with Crippen LogP contribution in [0, 0.1) is 17.1 Å². The van der Waals surface area contributed by atoms with E-state index in [0.717, 1.165) is 0 Å². The molecule has 3 nitrogen and oxygen atoms in total. The number of benzene rings is 1. The molecule has 0 spiro atoms. The zero-order valence-electron chi connectivity index (χ0n) is 8.94. The van der Waals surface area contributed by atoms with Gasteiger partial charge in [0.15, 0.2) is 5.78 Å². The van der Waals surface area contributed by atoms with Crippen molar-refractivity contribution in [2.45, 2.75) is 12.3 Å². The number of hydrogen-bond acceptors (Lipinski definition) is 3. The Morgan fingerprint density at radius 1 is 1.56 bits per heavy atom. The Labute approximate surface area is 93.5 Å². The number of ether oxygens (including phenoxy) is 1. The van der Waals surface area contributed by atoms with Crippen LogP contribution in [0.5, 0.6) is 0 Å². The van der Waals surface area contributed by atoms with Crippen LogP contribution in [0.2, 0.25) is 0 Å². The highest BCUT2D eigenvalue weighted by molar-refractivity contribution is 5.88. The molecule has 0 saturated carbocycles. The van der Waals surface area contributed by atoms with Gasteiger partial charge in [-0.3, -0.25) is 4.79 Å². The van der Waals surface area contributed by atoms with Crippen LogP contribution in [0.4, 0.5) is 4.39 Å². The fourth-order valence-corrected chi connectivity index (χ4v) is 1.37. The minimum atomic E-state index is -1.05. The molecule has 1 atom stereocenters. The second kappa shape index (κ2) is 5.99. The van der Waals surface area contributed by atoms with Gasteiger partial charge < -0.3 is 4.74 Å². The molecule has 1 rings (SSSR count). The van der Waals surface area contributed by atoms with Crippen molar-refractivity contribution in [2.24, 2.45) is 0 Å². The number of Topliss-reactive ketones (excluding diaryl/α,β-unsaturated/α-hetero) is 1. The summed E-state index contributed by atoms with van der Waals surface area (Å²) in [7, 11) is 1.47. The smallest absolute Gasteiger partial charge is 0.156 e. The van der Waals surface area contributed by atoms with Crippen LogP contribution in [-0.2, 0) is 9.53 Å². The maximum Gasteiger partial charge on any atom is 0.156 e. The van der Waals surface area contributed by atoms with Gasteiger partial charge in [0.25, 0.3) is 0 Å². The summed E-state index contributed by atoms with van der Waals surface area (Å²) in [5, 5.41) is 8.90. The van der Waals surface area contributed by atoms with Crippen LogP contribution in [-0.4, -0.2) is 19.5 Å². The van der Waals surface area contributed by atoms with Crippen LogP contribution in [0.3, 0.4) is 0 Å². The summed E-state index contributed by atoms with van der Waals surface area (Å²) in [6, 6.07) is 7.64. The molecule has 1 aromatic rings. The molecule has 0 amide bonds. The second-order valence-corrected chi connectivity index (χ2v) is 3.29. The van der Waals surface area contributed by atoms with E-state index in [1.807, 2.05) is 6.07 Å². The predicted molar refractivity (Wildman–Crippen MR) is 56.3 cm³/mol. The van der Waals surface area contributed by atoms with Gasteiger partial charge in [-0.15, -0.1) is 0 Å². The number of hydrogen-bond donors (Lipinski definition) is 0. The van der Waals surface area contributed by atoms with E-state index in [1.165, 1.54) is 25.3 Å². The van der Waals surface area contributed by atoms with Crippen LogP contribution in [0.1, 0.15) is 17.9 Å². The number of nitriles is 1. The van der Waals surface area contributed by atoms with Crippen molar-refractivity contribution in [2.75, 3.05) is 13.7 Å². The molecule has 0 aliphatic carbocycles. The lowest BCUT2D eigenvalue weighted by Crippen LogP contribution is -2.14. The zero-order valence-corrected chi connectivity index (χ0v) is 8.94. The number of ketones is 1. The third-order valence-electron chi connectivity index (χ3n) is 2.22. The van der Waals surface area contributed by atoms with Gasteiger partial charge in [0, 0.05) is 19.1 Å². The summed E-state index contributed by atoms with van der Waals surface area (Å²) in [5.41, 5.74) is 0.131. The summed E-state index contributed by atoms with van der Waals surface area (Å²) in [5.74, 6) is -1.90. The summed E-state index contributed by atoms with van der Waals surface area (Å²) in [4.78, 5) is 11.6. The minimum absolute atomic E-state index is 0.114. The average molecular weight is 221 g/mol. The summed E-state index contributed by atoms with van der Waals surface area (Å²) < 4.78 is 18.1. The van der Waals surface area contributed by atoms with Gasteiger partial charge in [0.2, 0.25) is 0 Å². The first-order valence-electron chi connectivity index (χ1n) is 4.86. The lowest BCUT2D eigenvalue weighted by atomic mass is 9.94. The Morgan fingerprint density at radius 3 is 2.81 bits per heavy atom. The molecular weight excluding hydrogens is 209 g/mol. The van der Waals surface area contributed by atoms with Crippen molar-refractivity contribution in [3.05, 3.63) is 35.6 Å². The number of carbonyl (C=O) groups excluding carboxylic acids is 1. The summed E-state index contributed by atoms with van der Waals surface area (Å²) in [6.07, 6.45) is 0.114. The Balaban J connectivity index is 2.87. The number of halogens is 1. The highest BCUT2D eigenvalue weighted by Gasteiger charge is 2.22. The van der Waals surface area contributed by atoms with Crippen molar-refractivity contribution in [1.29, 1.82) is 5.26 Å². The Kier molecular flexibility index (Phi) is 4.62. The third kappa shape index (κ3) is 2.88. The maximum atomic E-state index is 13.4. The standard InChI is InChI=1S/C12H12FNO2/c1-16-7-6-12(15)10(8-14)9-4-2-3-5-11(9)13/h2-5,10H,6-7H2,1H3. The Hall–Kier alpha value is -1.73. The summed E-state index contributed by atoms with van der Waals surface area (Å²) in [6.45, 7) is 0.242. The molecule has 0 heterocycles. The fraction of sp³-hybridized carbons (Fsp3) is 0.333. The third-order valence-corrected chi connectivity index (χ3v) is 2.22. The number of carbonyl (C=O) groups is 1. The number of nitrogens with zero attached hydrogens (tertiary/aromatic N) is 1. The van der Waals surface area contributed by atoms with Gasteiger partial charge in [0.1, 0.15) is 11.7 Å². The molecule has 4 heteroatoms. The van der Waals surface area contributed by atoms with Gasteiger partial charge in [-0.1, -0.05) is 18.2 Å². The lowest BCUT2D eigenvalue weighted by molar-refractivity contribution is -0.120. The van der Waals surface area contributed by atoms with E-state index < -0.39 is 11.7 Å². The zero-order chi connectivity index (χ0) is 12.0. The molecule has 1 unspecified atom stereocenters. The normalized spacial score (nSPS) is 11.8. The van der Waals surface area contributed by atoms with Gasteiger partial charge in [-0.25, -0.2) is 4.39 Å². The fourth-order valence-electron chi connectivity index (χ4n) is 1.37. The van der Waals surface area contributed by atoms with E-state index in [2.05, 4.69) is 0 Å². The highest BCUT2D eigenvalue weighted by Crippen LogP contribution is 2.20. The first kappa shape index (κ1) is 12.3. The largest absolute Gasteiger partial charge is 0.384 e. The van der Waals surface area contributed by atoms with E-state index in [1.54, 1.807) is 6.07 Å². The molecule has 1 aromatic carbocycles. The molecule has 0 aliphatic heterocycles.